The Morgan fingerprint density at radius 2 is 2.08 bits per heavy atom. The summed E-state index contributed by atoms with van der Waals surface area (Å²) in [6, 6.07) is 2.80. The Morgan fingerprint density at radius 1 is 1.28 bits per heavy atom. The molecule has 4 N–H and O–H groups in total. The van der Waals surface area contributed by atoms with E-state index in [2.05, 4.69) is 35.2 Å². The number of non-ortho nitro benzene ring substituents is 1. The molecule has 0 spiro atoms. The molecule has 5 heterocycles. The number of phosphoric ester groups is 1. The third kappa shape index (κ3) is 5.10. The van der Waals surface area contributed by atoms with Crippen LogP contribution in [0.15, 0.2) is 28.2 Å². The van der Waals surface area contributed by atoms with Crippen LogP contribution in [0.25, 0.3) is 22.2 Å². The van der Waals surface area contributed by atoms with Gasteiger partial charge in [-0.3, -0.25) is 23.7 Å². The number of nitrogen functional groups attached to an aromatic ring is 1. The number of rotatable bonds is 7. The quantitative estimate of drug-likeness (QED) is 0.0491. The number of phosphoric acid groups is 1. The van der Waals surface area contributed by atoms with E-state index in [-0.39, 0.29) is 69.9 Å². The van der Waals surface area contributed by atoms with Gasteiger partial charge >= 0.3 is 43.1 Å². The molecule has 5 atom stereocenters. The number of nitrogens with two attached hydrogens (primary N) is 1. The number of hydrogen-bond acceptors (Lipinski definition) is 16. The van der Waals surface area contributed by atoms with E-state index in [1.54, 1.807) is 0 Å². The van der Waals surface area contributed by atoms with E-state index in [4.69, 9.17) is 19.5 Å². The number of ether oxygens (including phenoxy) is 1. The molecule has 21 heteroatoms. The average Bonchev–Trinajstić information content (AvgIpc) is 3.58. The molecule has 0 amide bonds. The van der Waals surface area contributed by atoms with Gasteiger partial charge in [-0.1, -0.05) is 11.8 Å². The van der Waals surface area contributed by atoms with Crippen LogP contribution in [-0.4, -0.2) is 76.9 Å². The first-order valence-electron chi connectivity index (χ1n) is 11.0. The van der Waals surface area contributed by atoms with Crippen LogP contribution in [0.1, 0.15) is 6.23 Å². The number of nitro benzene ring substituents is 1. The Labute approximate surface area is 243 Å². The number of thioether (sulfide) groups is 1. The summed E-state index contributed by atoms with van der Waals surface area (Å²) < 4.78 is 33.6. The molecule has 0 aliphatic carbocycles. The van der Waals surface area contributed by atoms with Crippen LogP contribution in [0.3, 0.4) is 0 Å². The van der Waals surface area contributed by atoms with Crippen molar-refractivity contribution in [1.82, 2.24) is 29.8 Å². The van der Waals surface area contributed by atoms with Gasteiger partial charge in [-0.2, -0.15) is 0 Å². The Balaban J connectivity index is 0.00000308. The molecular weight excluding hydrogens is 572 g/mol. The first-order chi connectivity index (χ1) is 18.2. The second kappa shape index (κ2) is 10.8. The predicted octanol–water partition coefficient (Wildman–Crippen LogP) is -2.80. The molecule has 2 aliphatic rings. The number of hydrogen-bond donors (Lipinski definition) is 3. The number of anilines is 2. The molecule has 4 aromatic rings. The van der Waals surface area contributed by atoms with Gasteiger partial charge < -0.3 is 25.8 Å². The zero-order valence-electron chi connectivity index (χ0n) is 19.9. The Kier molecular flexibility index (Phi) is 7.81. The van der Waals surface area contributed by atoms with E-state index in [9.17, 15) is 24.7 Å². The summed E-state index contributed by atoms with van der Waals surface area (Å²) in [5, 5.41) is 35.2. The molecule has 2 aliphatic heterocycles. The topological polar surface area (TPSA) is 252 Å². The second-order valence-electron chi connectivity index (χ2n) is 8.19. The number of nitrogens with one attached hydrogen (secondary N) is 1. The van der Waals surface area contributed by atoms with Crippen LogP contribution in [0, 0.1) is 10.1 Å². The Morgan fingerprint density at radius 3 is 2.87 bits per heavy atom. The third-order valence-corrected chi connectivity index (χ3v) is 7.85. The van der Waals surface area contributed by atoms with Crippen molar-refractivity contribution in [2.75, 3.05) is 30.0 Å². The maximum atomic E-state index is 13.2. The fraction of sp³-hybridized carbons (Fsp3) is 0.389. The molecule has 18 nitrogen and oxygen atoms in total. The molecule has 2 saturated heterocycles. The summed E-state index contributed by atoms with van der Waals surface area (Å²) >= 11 is 1.24. The van der Waals surface area contributed by atoms with Crippen LogP contribution in [0.5, 0.6) is 0 Å². The van der Waals surface area contributed by atoms with Crippen molar-refractivity contribution in [2.45, 2.75) is 29.7 Å². The standard InChI is InChI=1S/C18H17N9O9PS.Na/c19-15-12-16(22-6-21-15)26(17-13(28)14-9(34-17)5-33-37(31,32)35-14)18(23-12)38-4-3-20-7-1-2-8(27(29)30)11-10(7)24-36-25-11;/h1-2,6,9,13-14,17,20H,3-5H2,(H,31,32)(H2,19,21,22);/q-1;+1/t9-,13-,14-,17-;/m1./s1. The Hall–Kier alpha value is -2.45. The molecule has 200 valence electrons. The minimum absolute atomic E-state index is 0. The average molecular weight is 589 g/mol. The van der Waals surface area contributed by atoms with Gasteiger partial charge in [-0.25, -0.2) is 24.1 Å². The number of aromatic nitrogens is 6. The summed E-state index contributed by atoms with van der Waals surface area (Å²) in [7, 11) is -4.36. The van der Waals surface area contributed by atoms with Gasteiger partial charge in [0.1, 0.15) is 18.7 Å². The molecule has 6 rings (SSSR count). The van der Waals surface area contributed by atoms with E-state index in [1.165, 1.54) is 34.8 Å². The zero-order chi connectivity index (χ0) is 26.6. The fourth-order valence-electron chi connectivity index (χ4n) is 4.24. The predicted molar refractivity (Wildman–Crippen MR) is 126 cm³/mol. The summed E-state index contributed by atoms with van der Waals surface area (Å²) in [5.74, 6) is 0.493. The molecule has 0 bridgehead atoms. The molecule has 0 radical (unpaired) electrons. The van der Waals surface area contributed by atoms with Crippen LogP contribution in [0.2, 0.25) is 0 Å². The fourth-order valence-corrected chi connectivity index (χ4v) is 6.07. The first kappa shape index (κ1) is 28.1. The van der Waals surface area contributed by atoms with E-state index in [0.717, 1.165) is 0 Å². The van der Waals surface area contributed by atoms with Crippen LogP contribution < -0.4 is 45.7 Å². The van der Waals surface area contributed by atoms with Crippen molar-refractivity contribution in [1.29, 1.82) is 0 Å². The molecular formula is C18H17N9NaO9PS. The molecule has 2 fully saturated rings. The summed E-state index contributed by atoms with van der Waals surface area (Å²) in [4.78, 5) is 32.9. The number of fused-ring (bicyclic) bond motifs is 3. The van der Waals surface area contributed by atoms with Crippen molar-refractivity contribution in [3.8, 4) is 0 Å². The van der Waals surface area contributed by atoms with Gasteiger partial charge in [-0.15, -0.1) is 0 Å². The van der Waals surface area contributed by atoms with Crippen molar-refractivity contribution in [2.24, 2.45) is 0 Å². The van der Waals surface area contributed by atoms with Gasteiger partial charge in [0, 0.05) is 18.4 Å². The second-order valence-corrected chi connectivity index (χ2v) is 10.7. The number of imidazole rings is 1. The van der Waals surface area contributed by atoms with Gasteiger partial charge in [0.05, 0.1) is 23.3 Å². The van der Waals surface area contributed by atoms with E-state index in [0.29, 0.717) is 23.1 Å². The van der Waals surface area contributed by atoms with Gasteiger partial charge in [0.25, 0.3) is 0 Å². The van der Waals surface area contributed by atoms with Crippen molar-refractivity contribution >= 4 is 59.0 Å². The van der Waals surface area contributed by atoms with Crippen molar-refractivity contribution in [3.05, 3.63) is 28.6 Å². The van der Waals surface area contributed by atoms with E-state index < -0.39 is 37.3 Å². The molecule has 0 saturated carbocycles. The van der Waals surface area contributed by atoms with Crippen LogP contribution in [-0.2, 0) is 18.3 Å². The summed E-state index contributed by atoms with van der Waals surface area (Å²) in [5.41, 5.74) is 6.95. The molecule has 39 heavy (non-hydrogen) atoms. The maximum absolute atomic E-state index is 13.2. The van der Waals surface area contributed by atoms with Crippen molar-refractivity contribution in [3.63, 3.8) is 0 Å². The number of benzene rings is 1. The molecule has 1 unspecified atom stereocenters. The SMILES string of the molecule is Nc1ncnc2c1nc(SCCNc1ccc([N+](=O)[O-])c3nonc13)n2[C@@H]1O[C@@H]2COP(=O)(O)O[C@H]2[C@H]1[O-].[Na+]. The minimum Gasteiger partial charge on any atom is -0.847 e. The maximum Gasteiger partial charge on any atom is 1.00 e. The minimum atomic E-state index is -4.36. The number of nitro groups is 1. The third-order valence-electron chi connectivity index (χ3n) is 5.91. The number of nitrogens with zero attached hydrogens (tertiary/aromatic N) is 7. The van der Waals surface area contributed by atoms with E-state index in [1.807, 2.05) is 0 Å². The van der Waals surface area contributed by atoms with Gasteiger partial charge in [0.15, 0.2) is 27.7 Å². The summed E-state index contributed by atoms with van der Waals surface area (Å²) in [6.45, 7) is 0.0570. The Bertz CT molecular complexity index is 1610. The monoisotopic (exact) mass is 589 g/mol. The van der Waals surface area contributed by atoms with E-state index >= 15 is 0 Å². The van der Waals surface area contributed by atoms with Gasteiger partial charge in [-0.05, 0) is 22.5 Å². The van der Waals surface area contributed by atoms with Gasteiger partial charge in [0.2, 0.25) is 5.52 Å². The molecule has 3 aromatic heterocycles. The van der Waals surface area contributed by atoms with Crippen LogP contribution in [0.4, 0.5) is 17.2 Å². The zero-order valence-corrected chi connectivity index (χ0v) is 23.7. The van der Waals surface area contributed by atoms with Crippen molar-refractivity contribution < 1.29 is 67.5 Å². The first-order valence-corrected chi connectivity index (χ1v) is 13.4. The largest absolute Gasteiger partial charge is 1.00 e. The smallest absolute Gasteiger partial charge is 0.847 e. The van der Waals surface area contributed by atoms with Crippen LogP contribution >= 0.6 is 19.6 Å². The normalized spacial score (nSPS) is 26.4. The summed E-state index contributed by atoms with van der Waals surface area (Å²) in [6.07, 6.45) is -3.64. The molecule has 1 aromatic carbocycles.